The standard InChI is InChI=1S/C27H41F/c1-3-5-26-19-18-25(20-27(26)28)17-16-24-14-12-23(13-15-24)11-10-22-8-6-21(4-2)7-9-22/h14,18-23H,3-13,15-17H2,1-2H3/t21-,22-,23?. The molecule has 2 aliphatic rings. The Hall–Kier alpha value is -1.11. The average molecular weight is 385 g/mol. The van der Waals surface area contributed by atoms with E-state index >= 15 is 0 Å². The third kappa shape index (κ3) is 6.46. The van der Waals surface area contributed by atoms with Crippen LogP contribution in [0.25, 0.3) is 0 Å². The number of halogens is 1. The van der Waals surface area contributed by atoms with Gasteiger partial charge in [0.05, 0.1) is 0 Å². The zero-order valence-corrected chi connectivity index (χ0v) is 18.3. The van der Waals surface area contributed by atoms with E-state index in [1.54, 1.807) is 11.6 Å². The SMILES string of the molecule is CCCc1ccc(CCC2=CCC(CC[C@H]3CC[C@H](CC)CC3)CC2)cc1F. The van der Waals surface area contributed by atoms with E-state index in [1.165, 1.54) is 64.2 Å². The lowest BCUT2D eigenvalue weighted by Crippen LogP contribution is -2.15. The zero-order chi connectivity index (χ0) is 19.8. The molecule has 1 fully saturated rings. The van der Waals surface area contributed by atoms with E-state index in [-0.39, 0.29) is 5.82 Å². The molecule has 3 rings (SSSR count). The molecule has 1 saturated carbocycles. The van der Waals surface area contributed by atoms with E-state index in [0.29, 0.717) is 0 Å². The molecule has 28 heavy (non-hydrogen) atoms. The summed E-state index contributed by atoms with van der Waals surface area (Å²) in [5, 5.41) is 0. The summed E-state index contributed by atoms with van der Waals surface area (Å²) in [5.41, 5.74) is 3.63. The Kier molecular flexibility index (Phi) is 8.62. The van der Waals surface area contributed by atoms with Gasteiger partial charge in [0.2, 0.25) is 0 Å². The van der Waals surface area contributed by atoms with Gasteiger partial charge in [0, 0.05) is 0 Å². The van der Waals surface area contributed by atoms with Gasteiger partial charge in [-0.3, -0.25) is 0 Å². The van der Waals surface area contributed by atoms with Gasteiger partial charge in [-0.1, -0.05) is 82.6 Å². The lowest BCUT2D eigenvalue weighted by molar-refractivity contribution is 0.241. The first kappa shape index (κ1) is 21.6. The van der Waals surface area contributed by atoms with Gasteiger partial charge in [-0.2, -0.15) is 0 Å². The van der Waals surface area contributed by atoms with Gasteiger partial charge < -0.3 is 0 Å². The van der Waals surface area contributed by atoms with Crippen LogP contribution in [-0.4, -0.2) is 0 Å². The maximum absolute atomic E-state index is 14.1. The molecule has 0 heterocycles. The predicted molar refractivity (Wildman–Crippen MR) is 119 cm³/mol. The molecule has 0 aromatic heterocycles. The van der Waals surface area contributed by atoms with Crippen molar-refractivity contribution in [1.29, 1.82) is 0 Å². The third-order valence-electron chi connectivity index (χ3n) is 7.51. The number of rotatable bonds is 9. The second-order valence-corrected chi connectivity index (χ2v) is 9.55. The highest BCUT2D eigenvalue weighted by Gasteiger charge is 2.22. The molecule has 0 spiro atoms. The first-order valence-corrected chi connectivity index (χ1v) is 12.1. The molecule has 1 aromatic rings. The van der Waals surface area contributed by atoms with Crippen molar-refractivity contribution in [2.75, 3.05) is 0 Å². The van der Waals surface area contributed by atoms with Gasteiger partial charge in [0.25, 0.3) is 0 Å². The molecule has 1 atom stereocenters. The molecule has 0 saturated heterocycles. The molecule has 0 radical (unpaired) electrons. The van der Waals surface area contributed by atoms with E-state index in [4.69, 9.17) is 0 Å². The molecule has 0 aliphatic heterocycles. The molecule has 0 bridgehead atoms. The number of hydrogen-bond donors (Lipinski definition) is 0. The topological polar surface area (TPSA) is 0 Å². The zero-order valence-electron chi connectivity index (χ0n) is 18.3. The van der Waals surface area contributed by atoms with Crippen LogP contribution in [0, 0.1) is 23.6 Å². The second kappa shape index (κ2) is 11.2. The van der Waals surface area contributed by atoms with Crippen LogP contribution in [0.15, 0.2) is 29.8 Å². The average Bonchev–Trinajstić information content (AvgIpc) is 2.74. The van der Waals surface area contributed by atoms with E-state index in [2.05, 4.69) is 26.0 Å². The van der Waals surface area contributed by atoms with E-state index in [1.807, 2.05) is 6.07 Å². The van der Waals surface area contributed by atoms with Crippen LogP contribution in [0.5, 0.6) is 0 Å². The Labute approximate surface area is 173 Å². The van der Waals surface area contributed by atoms with E-state index in [9.17, 15) is 4.39 Å². The van der Waals surface area contributed by atoms with Crippen molar-refractivity contribution < 1.29 is 4.39 Å². The van der Waals surface area contributed by atoms with Crippen molar-refractivity contribution in [3.05, 3.63) is 46.8 Å². The van der Waals surface area contributed by atoms with Crippen LogP contribution in [0.3, 0.4) is 0 Å². The van der Waals surface area contributed by atoms with Crippen molar-refractivity contribution >= 4 is 0 Å². The quantitative estimate of drug-likeness (QED) is 0.375. The summed E-state index contributed by atoms with van der Waals surface area (Å²) in [5.74, 6) is 2.94. The number of allylic oxidation sites excluding steroid dienone is 2. The first-order chi connectivity index (χ1) is 13.7. The van der Waals surface area contributed by atoms with Crippen LogP contribution in [-0.2, 0) is 12.8 Å². The summed E-state index contributed by atoms with van der Waals surface area (Å²) in [7, 11) is 0. The van der Waals surface area contributed by atoms with Crippen LogP contribution < -0.4 is 0 Å². The first-order valence-electron chi connectivity index (χ1n) is 12.1. The Morgan fingerprint density at radius 1 is 0.857 bits per heavy atom. The summed E-state index contributed by atoms with van der Waals surface area (Å²) < 4.78 is 14.1. The summed E-state index contributed by atoms with van der Waals surface area (Å²) in [6.45, 7) is 4.46. The fourth-order valence-corrected chi connectivity index (χ4v) is 5.36. The molecule has 1 heteroatoms. The monoisotopic (exact) mass is 384 g/mol. The molecule has 1 unspecified atom stereocenters. The summed E-state index contributed by atoms with van der Waals surface area (Å²) in [4.78, 5) is 0. The Morgan fingerprint density at radius 2 is 1.61 bits per heavy atom. The van der Waals surface area contributed by atoms with E-state index in [0.717, 1.165) is 54.6 Å². The highest BCUT2D eigenvalue weighted by Crippen LogP contribution is 2.36. The van der Waals surface area contributed by atoms with Crippen LogP contribution in [0.4, 0.5) is 4.39 Å². The lowest BCUT2D eigenvalue weighted by atomic mass is 9.76. The Morgan fingerprint density at radius 3 is 2.25 bits per heavy atom. The molecule has 156 valence electrons. The van der Waals surface area contributed by atoms with Gasteiger partial charge >= 0.3 is 0 Å². The highest BCUT2D eigenvalue weighted by molar-refractivity contribution is 5.25. The van der Waals surface area contributed by atoms with Gasteiger partial charge in [-0.15, -0.1) is 0 Å². The number of hydrogen-bond acceptors (Lipinski definition) is 0. The van der Waals surface area contributed by atoms with Crippen molar-refractivity contribution in [2.45, 2.75) is 104 Å². The minimum atomic E-state index is -0.00925. The van der Waals surface area contributed by atoms with E-state index < -0.39 is 0 Å². The van der Waals surface area contributed by atoms with Gasteiger partial charge in [-0.25, -0.2) is 4.39 Å². The number of benzene rings is 1. The molecule has 0 N–H and O–H groups in total. The maximum atomic E-state index is 14.1. The van der Waals surface area contributed by atoms with Crippen LogP contribution >= 0.6 is 0 Å². The van der Waals surface area contributed by atoms with Crippen molar-refractivity contribution in [3.8, 4) is 0 Å². The van der Waals surface area contributed by atoms with Crippen LogP contribution in [0.1, 0.15) is 102 Å². The van der Waals surface area contributed by atoms with Gasteiger partial charge in [-0.05, 0) is 79.9 Å². The highest BCUT2D eigenvalue weighted by atomic mass is 19.1. The largest absolute Gasteiger partial charge is 0.207 e. The Bertz CT molecular complexity index is 621. The minimum absolute atomic E-state index is 0.00925. The van der Waals surface area contributed by atoms with Gasteiger partial charge in [0.15, 0.2) is 0 Å². The molecule has 2 aliphatic carbocycles. The molecule has 0 amide bonds. The fraction of sp³-hybridized carbons (Fsp3) is 0.704. The molecule has 1 aromatic carbocycles. The van der Waals surface area contributed by atoms with Crippen molar-refractivity contribution in [2.24, 2.45) is 17.8 Å². The maximum Gasteiger partial charge on any atom is 0.126 e. The predicted octanol–water partition coefficient (Wildman–Crippen LogP) is 8.43. The fourth-order valence-electron chi connectivity index (χ4n) is 5.36. The normalized spacial score (nSPS) is 25.5. The smallest absolute Gasteiger partial charge is 0.126 e. The van der Waals surface area contributed by atoms with Crippen LogP contribution in [0.2, 0.25) is 0 Å². The molecular weight excluding hydrogens is 343 g/mol. The second-order valence-electron chi connectivity index (χ2n) is 9.55. The van der Waals surface area contributed by atoms with Crippen molar-refractivity contribution in [1.82, 2.24) is 0 Å². The van der Waals surface area contributed by atoms with Gasteiger partial charge in [0.1, 0.15) is 5.82 Å². The number of aryl methyl sites for hydroxylation is 2. The van der Waals surface area contributed by atoms with Crippen molar-refractivity contribution in [3.63, 3.8) is 0 Å². The molecular formula is C27H41F. The summed E-state index contributed by atoms with van der Waals surface area (Å²) in [6.07, 6.45) is 20.6. The lowest BCUT2D eigenvalue weighted by Gasteiger charge is -2.29. The minimum Gasteiger partial charge on any atom is -0.207 e. The summed E-state index contributed by atoms with van der Waals surface area (Å²) in [6, 6.07) is 5.89. The third-order valence-corrected chi connectivity index (χ3v) is 7.51. The summed E-state index contributed by atoms with van der Waals surface area (Å²) >= 11 is 0. The molecule has 0 nitrogen and oxygen atoms in total. The Balaban J connectivity index is 1.36.